The molecule has 0 radical (unpaired) electrons. The minimum Gasteiger partial charge on any atom is -0.379 e. The first kappa shape index (κ1) is 24.0. The number of benzene rings is 1. The molecule has 0 saturated heterocycles. The average Bonchev–Trinajstić information content (AvgIpc) is 2.83. The van der Waals surface area contributed by atoms with Crippen molar-refractivity contribution in [2.45, 2.75) is 46.8 Å². The normalized spacial score (nSPS) is 11.9. The minimum atomic E-state index is -0.458. The Balaban J connectivity index is 2.02. The summed E-state index contributed by atoms with van der Waals surface area (Å²) in [6.45, 7) is 8.47. The molecule has 0 N–H and O–H groups in total. The third kappa shape index (κ3) is 4.77. The van der Waals surface area contributed by atoms with Gasteiger partial charge in [-0.2, -0.15) is 10.3 Å². The largest absolute Gasteiger partial charge is 0.379 e. The van der Waals surface area contributed by atoms with E-state index in [-0.39, 0.29) is 28.1 Å². The molecule has 0 spiro atoms. The van der Waals surface area contributed by atoms with E-state index in [2.05, 4.69) is 11.1 Å². The molecule has 0 fully saturated rings. The van der Waals surface area contributed by atoms with Crippen LogP contribution in [0.4, 0.5) is 0 Å². The lowest BCUT2D eigenvalue weighted by Crippen LogP contribution is -2.30. The van der Waals surface area contributed by atoms with Gasteiger partial charge in [-0.3, -0.25) is 14.0 Å². The van der Waals surface area contributed by atoms with Crippen molar-refractivity contribution in [1.82, 2.24) is 14.0 Å². The molecule has 1 amide bonds. The number of amides is 1. The Morgan fingerprint density at radius 1 is 1.14 bits per heavy atom. The average molecular weight is 470 g/mol. The summed E-state index contributed by atoms with van der Waals surface area (Å²) in [6, 6.07) is 14.4. The summed E-state index contributed by atoms with van der Waals surface area (Å²) in [6.07, 6.45) is 2.32. The molecule has 3 heterocycles. The van der Waals surface area contributed by atoms with Gasteiger partial charge in [0.15, 0.2) is 5.49 Å². The fraction of sp³-hybridized carbons (Fsp3) is 0.296. The quantitative estimate of drug-likeness (QED) is 0.317. The van der Waals surface area contributed by atoms with Crippen LogP contribution in [0.2, 0.25) is 0 Å². The van der Waals surface area contributed by atoms with Crippen LogP contribution >= 0.6 is 0 Å². The predicted octanol–water partition coefficient (Wildman–Crippen LogP) is 3.69. The summed E-state index contributed by atoms with van der Waals surface area (Å²) in [5.74, 6) is -0.458. The van der Waals surface area contributed by atoms with Gasteiger partial charge in [0, 0.05) is 24.9 Å². The lowest BCUT2D eigenvalue weighted by atomic mass is 10.1. The van der Waals surface area contributed by atoms with Gasteiger partial charge in [0.05, 0.1) is 17.1 Å². The van der Waals surface area contributed by atoms with Crippen LogP contribution in [0.5, 0.6) is 0 Å². The molecule has 35 heavy (non-hydrogen) atoms. The smallest absolute Gasteiger partial charge is 0.279 e. The van der Waals surface area contributed by atoms with E-state index in [4.69, 9.17) is 9.72 Å². The van der Waals surface area contributed by atoms with Crippen molar-refractivity contribution in [2.75, 3.05) is 6.61 Å². The summed E-state index contributed by atoms with van der Waals surface area (Å²) in [5, 5.41) is 10.2. The summed E-state index contributed by atoms with van der Waals surface area (Å²) in [4.78, 5) is 35.7. The van der Waals surface area contributed by atoms with Crippen molar-refractivity contribution in [3.8, 4) is 6.07 Å². The zero-order valence-electron chi connectivity index (χ0n) is 20.3. The van der Waals surface area contributed by atoms with E-state index in [1.807, 2.05) is 45.9 Å². The maximum atomic E-state index is 13.4. The molecule has 0 saturated carbocycles. The number of carbonyl (C=O) groups excluding carboxylic acids is 1. The van der Waals surface area contributed by atoms with E-state index in [9.17, 15) is 14.9 Å². The second-order valence-corrected chi connectivity index (χ2v) is 8.69. The monoisotopic (exact) mass is 469 g/mol. The highest BCUT2D eigenvalue weighted by Gasteiger charge is 2.16. The molecule has 4 rings (SSSR count). The highest BCUT2D eigenvalue weighted by molar-refractivity contribution is 5.96. The van der Waals surface area contributed by atoms with Crippen molar-refractivity contribution >= 4 is 22.6 Å². The van der Waals surface area contributed by atoms with E-state index in [0.717, 1.165) is 11.1 Å². The third-order valence-electron chi connectivity index (χ3n) is 5.79. The van der Waals surface area contributed by atoms with Crippen molar-refractivity contribution in [1.29, 1.82) is 5.26 Å². The molecule has 0 unspecified atom stereocenters. The van der Waals surface area contributed by atoms with Gasteiger partial charge in [0.25, 0.3) is 11.5 Å². The van der Waals surface area contributed by atoms with Crippen LogP contribution in [0, 0.1) is 25.2 Å². The maximum Gasteiger partial charge on any atom is 0.279 e. The number of ether oxygens (including phenoxy) is 1. The van der Waals surface area contributed by atoms with Crippen LogP contribution < -0.4 is 11.0 Å². The molecule has 1 aromatic carbocycles. The number of aryl methyl sites for hydroxylation is 3. The zero-order valence-corrected chi connectivity index (χ0v) is 20.3. The number of nitriles is 1. The first-order valence-electron chi connectivity index (χ1n) is 11.5. The van der Waals surface area contributed by atoms with Gasteiger partial charge in [-0.15, -0.1) is 0 Å². The van der Waals surface area contributed by atoms with Gasteiger partial charge in [0.2, 0.25) is 0 Å². The van der Waals surface area contributed by atoms with Crippen LogP contribution in [0.25, 0.3) is 16.7 Å². The number of fused-ring (bicyclic) bond motifs is 2. The minimum absolute atomic E-state index is 0.0725. The molecule has 4 aromatic rings. The van der Waals surface area contributed by atoms with Gasteiger partial charge >= 0.3 is 0 Å². The fourth-order valence-corrected chi connectivity index (χ4v) is 4.01. The standard InChI is InChI=1S/C27H27N5O3/c1-17(2)35-14-8-13-31-24(30-26(33)21-11-6-5-9-18(21)3)20(16-28)15-22-25(31)29-23-19(4)10-7-12-32(23)27(22)34/h5-7,9-12,15,17H,8,13-14H2,1-4H3. The van der Waals surface area contributed by atoms with Crippen molar-refractivity contribution in [3.63, 3.8) is 0 Å². The lowest BCUT2D eigenvalue weighted by molar-refractivity contribution is 0.0748. The van der Waals surface area contributed by atoms with E-state index < -0.39 is 5.91 Å². The van der Waals surface area contributed by atoms with Crippen LogP contribution in [0.3, 0.4) is 0 Å². The molecule has 8 heteroatoms. The Morgan fingerprint density at radius 3 is 2.60 bits per heavy atom. The number of nitrogens with zero attached hydrogens (tertiary/aromatic N) is 5. The summed E-state index contributed by atoms with van der Waals surface area (Å²) < 4.78 is 8.86. The molecular formula is C27H27N5O3. The van der Waals surface area contributed by atoms with Gasteiger partial charge in [0.1, 0.15) is 17.4 Å². The second kappa shape index (κ2) is 10.0. The van der Waals surface area contributed by atoms with Crippen LogP contribution in [0.15, 0.2) is 58.4 Å². The number of carbonyl (C=O) groups is 1. The van der Waals surface area contributed by atoms with Gasteiger partial charge < -0.3 is 9.30 Å². The van der Waals surface area contributed by atoms with E-state index in [0.29, 0.717) is 36.4 Å². The highest BCUT2D eigenvalue weighted by atomic mass is 16.5. The summed E-state index contributed by atoms with van der Waals surface area (Å²) in [5.41, 5.74) is 3.00. The molecule has 178 valence electrons. The van der Waals surface area contributed by atoms with Crippen molar-refractivity contribution in [3.05, 3.63) is 86.8 Å². The van der Waals surface area contributed by atoms with E-state index in [1.54, 1.807) is 29.0 Å². The third-order valence-corrected chi connectivity index (χ3v) is 5.79. The molecule has 0 atom stereocenters. The van der Waals surface area contributed by atoms with Crippen LogP contribution in [-0.2, 0) is 11.3 Å². The Hall–Kier alpha value is -4.09. The van der Waals surface area contributed by atoms with Crippen LogP contribution in [-0.4, -0.2) is 32.6 Å². The molecule has 3 aromatic heterocycles. The Morgan fingerprint density at radius 2 is 1.89 bits per heavy atom. The topological polar surface area (TPSA) is 102 Å². The van der Waals surface area contributed by atoms with Crippen molar-refractivity contribution in [2.24, 2.45) is 4.99 Å². The second-order valence-electron chi connectivity index (χ2n) is 8.69. The molecule has 0 aliphatic carbocycles. The Kier molecular flexibility index (Phi) is 6.90. The predicted molar refractivity (Wildman–Crippen MR) is 133 cm³/mol. The zero-order chi connectivity index (χ0) is 25.1. The van der Waals surface area contributed by atoms with E-state index >= 15 is 0 Å². The van der Waals surface area contributed by atoms with Crippen LogP contribution in [0.1, 0.15) is 47.3 Å². The lowest BCUT2D eigenvalue weighted by Gasteiger charge is -2.15. The van der Waals surface area contributed by atoms with Crippen molar-refractivity contribution < 1.29 is 9.53 Å². The number of rotatable bonds is 6. The van der Waals surface area contributed by atoms with Gasteiger partial charge in [-0.05, 0) is 63.4 Å². The number of hydrogen-bond acceptors (Lipinski definition) is 5. The molecule has 0 aliphatic rings. The summed E-state index contributed by atoms with van der Waals surface area (Å²) >= 11 is 0. The molecular weight excluding hydrogens is 442 g/mol. The Labute approximate surface area is 202 Å². The molecule has 0 bridgehead atoms. The molecule has 0 aliphatic heterocycles. The fourth-order valence-electron chi connectivity index (χ4n) is 4.01. The van der Waals surface area contributed by atoms with Gasteiger partial charge in [-0.1, -0.05) is 24.3 Å². The first-order valence-corrected chi connectivity index (χ1v) is 11.5. The maximum absolute atomic E-state index is 13.4. The van der Waals surface area contributed by atoms with E-state index in [1.165, 1.54) is 10.5 Å². The highest BCUT2D eigenvalue weighted by Crippen LogP contribution is 2.14. The number of hydrogen-bond donors (Lipinski definition) is 0. The number of aromatic nitrogens is 3. The first-order chi connectivity index (χ1) is 16.8. The van der Waals surface area contributed by atoms with Gasteiger partial charge in [-0.25, -0.2) is 4.98 Å². The number of pyridine rings is 2. The summed E-state index contributed by atoms with van der Waals surface area (Å²) in [7, 11) is 0. The SMILES string of the molecule is Cc1ccccc1C(=O)N=c1c(C#N)cc2c(=O)n3cccc(C)c3nc2n1CCCOC(C)C. The Bertz CT molecular complexity index is 1610. The molecule has 8 nitrogen and oxygen atoms in total.